The van der Waals surface area contributed by atoms with E-state index < -0.39 is 5.82 Å². The zero-order chi connectivity index (χ0) is 19.9. The maximum absolute atomic E-state index is 13.8. The summed E-state index contributed by atoms with van der Waals surface area (Å²) < 4.78 is 13.8. The molecule has 8 heteroatoms. The number of likely N-dealkylation sites (tertiary alicyclic amines) is 1. The molecule has 6 nitrogen and oxygen atoms in total. The average Bonchev–Trinajstić information content (AvgIpc) is 3.21. The molecule has 1 spiro atoms. The number of hydrogen-bond acceptors (Lipinski definition) is 4. The number of piperidine rings is 1. The van der Waals surface area contributed by atoms with Gasteiger partial charge >= 0.3 is 0 Å². The average molecular weight is 418 g/mol. The molecule has 1 aromatic carbocycles. The fourth-order valence-corrected chi connectivity index (χ4v) is 5.90. The van der Waals surface area contributed by atoms with Crippen molar-refractivity contribution in [2.45, 2.75) is 36.9 Å². The van der Waals surface area contributed by atoms with Gasteiger partial charge in [0, 0.05) is 60.6 Å². The number of hydrazine groups is 1. The first-order valence-electron chi connectivity index (χ1n) is 10.5. The van der Waals surface area contributed by atoms with Crippen LogP contribution in [-0.4, -0.2) is 76.5 Å². The maximum Gasteiger partial charge on any atom is 0.270 e. The Kier molecular flexibility index (Phi) is 3.86. The van der Waals surface area contributed by atoms with Crippen LogP contribution in [0.1, 0.15) is 29.8 Å². The molecule has 1 aliphatic carbocycles. The number of amides is 1. The molecule has 0 bridgehead atoms. The summed E-state index contributed by atoms with van der Waals surface area (Å²) in [6.07, 6.45) is 3.53. The number of nitrogens with zero attached hydrogens (tertiary/aromatic N) is 3. The highest BCUT2D eigenvalue weighted by atomic mass is 35.5. The van der Waals surface area contributed by atoms with E-state index >= 15 is 0 Å². The molecule has 3 saturated heterocycles. The zero-order valence-electron chi connectivity index (χ0n) is 16.4. The van der Waals surface area contributed by atoms with Crippen molar-refractivity contribution in [1.29, 1.82) is 0 Å². The van der Waals surface area contributed by atoms with Gasteiger partial charge in [-0.2, -0.15) is 0 Å². The first-order chi connectivity index (χ1) is 13.9. The molecule has 1 amide bonds. The molecule has 1 saturated carbocycles. The molecule has 4 heterocycles. The lowest BCUT2D eigenvalue weighted by Crippen LogP contribution is -2.60. The highest BCUT2D eigenvalue weighted by Gasteiger charge is 2.57. The van der Waals surface area contributed by atoms with Gasteiger partial charge in [0.2, 0.25) is 0 Å². The van der Waals surface area contributed by atoms with Crippen LogP contribution in [0.2, 0.25) is 5.02 Å². The number of aromatic nitrogens is 1. The topological polar surface area (TPSA) is 54.6 Å². The molecular formula is C21H25ClFN5O. The van der Waals surface area contributed by atoms with E-state index in [4.69, 9.17) is 11.6 Å². The fraction of sp³-hybridized carbons (Fsp3) is 0.571. The molecule has 2 N–H and O–H groups in total. The molecule has 2 aromatic rings. The lowest BCUT2D eigenvalue weighted by atomic mass is 9.86. The summed E-state index contributed by atoms with van der Waals surface area (Å²) in [5.74, 6) is -0.0704. The minimum Gasteiger partial charge on any atom is -0.350 e. The van der Waals surface area contributed by atoms with Crippen LogP contribution in [0.5, 0.6) is 0 Å². The predicted octanol–water partition coefficient (Wildman–Crippen LogP) is 2.46. The van der Waals surface area contributed by atoms with E-state index in [2.05, 4.69) is 27.4 Å². The van der Waals surface area contributed by atoms with Gasteiger partial charge in [0.1, 0.15) is 11.5 Å². The Morgan fingerprint density at radius 3 is 2.93 bits per heavy atom. The van der Waals surface area contributed by atoms with Gasteiger partial charge in [0.05, 0.1) is 5.02 Å². The molecule has 3 atom stereocenters. The van der Waals surface area contributed by atoms with Crippen LogP contribution in [0, 0.1) is 11.7 Å². The number of likely N-dealkylation sites (N-methyl/N-ethyl adjacent to an activating group) is 1. The summed E-state index contributed by atoms with van der Waals surface area (Å²) in [5.41, 5.74) is 5.29. The van der Waals surface area contributed by atoms with E-state index in [1.54, 1.807) is 12.1 Å². The van der Waals surface area contributed by atoms with Gasteiger partial charge in [-0.05, 0) is 44.5 Å². The standard InChI is InChI=1S/C21H25ClFN5O/c1-26-10-18-13-9-27(7-4-16(13)25-28(18)11-21(26)5-6-21)20(29)17-8-12-15(24-17)3-2-14(23)19(12)22/h2-3,8,13,16,18,24-25H,4-7,9-11H2,1H3. The Bertz CT molecular complexity index is 1000. The van der Waals surface area contributed by atoms with E-state index in [9.17, 15) is 9.18 Å². The third-order valence-electron chi connectivity index (χ3n) is 7.66. The van der Waals surface area contributed by atoms with Crippen LogP contribution in [-0.2, 0) is 0 Å². The number of H-pyrrole nitrogens is 1. The van der Waals surface area contributed by atoms with Gasteiger partial charge in [-0.15, -0.1) is 0 Å². The number of nitrogens with one attached hydrogen (secondary N) is 2. The summed E-state index contributed by atoms with van der Waals surface area (Å²) in [6, 6.07) is 5.52. The van der Waals surface area contributed by atoms with Crippen LogP contribution >= 0.6 is 11.6 Å². The second-order valence-electron chi connectivity index (χ2n) is 9.25. The van der Waals surface area contributed by atoms with Crippen molar-refractivity contribution in [3.05, 3.63) is 34.7 Å². The van der Waals surface area contributed by atoms with Gasteiger partial charge in [0.15, 0.2) is 0 Å². The highest BCUT2D eigenvalue weighted by Crippen LogP contribution is 2.47. The second-order valence-corrected chi connectivity index (χ2v) is 9.62. The SMILES string of the molecule is CN1CC2C3CN(C(=O)c4cc5c(Cl)c(F)ccc5[nH]4)CCC3NN2CC12CC2. The van der Waals surface area contributed by atoms with Crippen molar-refractivity contribution in [3.63, 3.8) is 0 Å². The molecule has 3 unspecified atom stereocenters. The number of carbonyl (C=O) groups is 1. The number of carbonyl (C=O) groups excluding carboxylic acids is 1. The predicted molar refractivity (Wildman–Crippen MR) is 109 cm³/mol. The molecule has 4 fully saturated rings. The third kappa shape index (κ3) is 2.68. The van der Waals surface area contributed by atoms with Gasteiger partial charge in [-0.1, -0.05) is 11.6 Å². The minimum absolute atomic E-state index is 0.0302. The van der Waals surface area contributed by atoms with Gasteiger partial charge in [-0.25, -0.2) is 9.40 Å². The summed E-state index contributed by atoms with van der Waals surface area (Å²) in [4.78, 5) is 20.8. The Balaban J connectivity index is 1.23. The number of piperazine rings is 1. The Hall–Kier alpha value is -1.67. The minimum atomic E-state index is -0.468. The molecule has 4 aliphatic rings. The molecular weight excluding hydrogens is 393 g/mol. The monoisotopic (exact) mass is 417 g/mol. The quantitative estimate of drug-likeness (QED) is 0.748. The maximum atomic E-state index is 13.8. The Morgan fingerprint density at radius 1 is 1.31 bits per heavy atom. The number of rotatable bonds is 1. The summed E-state index contributed by atoms with van der Waals surface area (Å²) in [5, 5.41) is 3.08. The first-order valence-corrected chi connectivity index (χ1v) is 10.8. The van der Waals surface area contributed by atoms with Crippen LogP contribution in [0.3, 0.4) is 0 Å². The zero-order valence-corrected chi connectivity index (χ0v) is 17.2. The molecule has 154 valence electrons. The lowest BCUT2D eigenvalue weighted by Gasteiger charge is -2.44. The largest absolute Gasteiger partial charge is 0.350 e. The van der Waals surface area contributed by atoms with Gasteiger partial charge < -0.3 is 9.88 Å². The van der Waals surface area contributed by atoms with Gasteiger partial charge in [-0.3, -0.25) is 15.1 Å². The van der Waals surface area contributed by atoms with Crippen molar-refractivity contribution in [2.24, 2.45) is 5.92 Å². The number of aromatic amines is 1. The van der Waals surface area contributed by atoms with Crippen LogP contribution < -0.4 is 5.43 Å². The van der Waals surface area contributed by atoms with Crippen molar-refractivity contribution >= 4 is 28.4 Å². The lowest BCUT2D eigenvalue weighted by molar-refractivity contribution is 0.0164. The van der Waals surface area contributed by atoms with Crippen molar-refractivity contribution in [1.82, 2.24) is 25.2 Å². The molecule has 0 radical (unpaired) electrons. The Labute approximate surface area is 173 Å². The normalized spacial score (nSPS) is 31.3. The molecule has 1 aromatic heterocycles. The number of hydrogen-bond donors (Lipinski definition) is 2. The number of fused-ring (bicyclic) bond motifs is 4. The van der Waals surface area contributed by atoms with Crippen LogP contribution in [0.4, 0.5) is 4.39 Å². The van der Waals surface area contributed by atoms with Crippen LogP contribution in [0.15, 0.2) is 18.2 Å². The molecule has 3 aliphatic heterocycles. The summed E-state index contributed by atoms with van der Waals surface area (Å²) in [7, 11) is 2.25. The molecule has 6 rings (SSSR count). The van der Waals surface area contributed by atoms with Crippen LogP contribution in [0.25, 0.3) is 10.9 Å². The molecule has 29 heavy (non-hydrogen) atoms. The Morgan fingerprint density at radius 2 is 2.14 bits per heavy atom. The van der Waals surface area contributed by atoms with Gasteiger partial charge in [0.25, 0.3) is 5.91 Å². The third-order valence-corrected chi connectivity index (χ3v) is 8.04. The smallest absolute Gasteiger partial charge is 0.270 e. The van der Waals surface area contributed by atoms with Crippen molar-refractivity contribution < 1.29 is 9.18 Å². The second kappa shape index (κ2) is 6.17. The van der Waals surface area contributed by atoms with E-state index in [0.29, 0.717) is 40.1 Å². The number of halogens is 2. The summed E-state index contributed by atoms with van der Waals surface area (Å²) in [6.45, 7) is 3.61. The fourth-order valence-electron chi connectivity index (χ4n) is 5.68. The van der Waals surface area contributed by atoms with E-state index in [0.717, 1.165) is 32.6 Å². The summed E-state index contributed by atoms with van der Waals surface area (Å²) >= 11 is 6.08. The van der Waals surface area contributed by atoms with E-state index in [1.807, 2.05) is 4.90 Å². The highest BCUT2D eigenvalue weighted by molar-refractivity contribution is 6.35. The van der Waals surface area contributed by atoms with Crippen molar-refractivity contribution in [2.75, 3.05) is 33.2 Å². The number of benzene rings is 1. The first kappa shape index (κ1) is 18.1. The van der Waals surface area contributed by atoms with Crippen molar-refractivity contribution in [3.8, 4) is 0 Å². The van der Waals surface area contributed by atoms with E-state index in [1.165, 1.54) is 18.9 Å². The van der Waals surface area contributed by atoms with E-state index in [-0.39, 0.29) is 10.9 Å².